The Kier molecular flexibility index (Phi) is 5.29. The van der Waals surface area contributed by atoms with Crippen molar-refractivity contribution >= 4 is 35.1 Å². The number of aromatic nitrogens is 1. The molecule has 7 heteroatoms. The van der Waals surface area contributed by atoms with Crippen LogP contribution in [0.15, 0.2) is 47.6 Å². The van der Waals surface area contributed by atoms with Crippen LogP contribution in [0, 0.1) is 0 Å². The standard InChI is InChI=1S/C20H22N4O2S/c25-19(23-11-2-1-3-12-23)15-6-8-16(9-7-15)22-20(26)24-13-14-27-18-17(24)5-4-10-21-18/h4-10H,1-3,11-14H2,(H,22,26). The number of carbonyl (C=O) groups excluding carboxylic acids is 2. The van der Waals surface area contributed by atoms with Gasteiger partial charge in [-0.1, -0.05) is 0 Å². The van der Waals surface area contributed by atoms with Crippen molar-refractivity contribution in [2.24, 2.45) is 0 Å². The van der Waals surface area contributed by atoms with Gasteiger partial charge in [-0.3, -0.25) is 9.69 Å². The van der Waals surface area contributed by atoms with E-state index in [1.54, 1.807) is 47.1 Å². The number of nitrogens with one attached hydrogen (secondary N) is 1. The van der Waals surface area contributed by atoms with E-state index in [4.69, 9.17) is 0 Å². The number of benzene rings is 1. The second-order valence-electron chi connectivity index (χ2n) is 6.69. The summed E-state index contributed by atoms with van der Waals surface area (Å²) in [6.45, 7) is 2.30. The molecule has 2 aliphatic rings. The average molecular weight is 382 g/mol. The monoisotopic (exact) mass is 382 g/mol. The number of nitrogens with zero attached hydrogens (tertiary/aromatic N) is 3. The Hall–Kier alpha value is -2.54. The van der Waals surface area contributed by atoms with E-state index < -0.39 is 0 Å². The Balaban J connectivity index is 1.43. The van der Waals surface area contributed by atoms with Gasteiger partial charge in [0.15, 0.2) is 0 Å². The third kappa shape index (κ3) is 3.93. The van der Waals surface area contributed by atoms with Gasteiger partial charge in [0.1, 0.15) is 5.03 Å². The van der Waals surface area contributed by atoms with E-state index in [9.17, 15) is 9.59 Å². The first kappa shape index (κ1) is 17.9. The molecule has 0 radical (unpaired) electrons. The van der Waals surface area contributed by atoms with Crippen LogP contribution in [-0.4, -0.2) is 47.2 Å². The third-order valence-corrected chi connectivity index (χ3v) is 5.84. The largest absolute Gasteiger partial charge is 0.339 e. The number of hydrogen-bond donors (Lipinski definition) is 1. The predicted molar refractivity (Wildman–Crippen MR) is 108 cm³/mol. The summed E-state index contributed by atoms with van der Waals surface area (Å²) in [5, 5.41) is 3.80. The molecule has 1 saturated heterocycles. The average Bonchev–Trinajstić information content (AvgIpc) is 2.74. The normalized spacial score (nSPS) is 16.6. The Labute approximate surface area is 162 Å². The maximum absolute atomic E-state index is 12.7. The van der Waals surface area contributed by atoms with E-state index in [0.29, 0.717) is 17.8 Å². The zero-order chi connectivity index (χ0) is 18.6. The number of carbonyl (C=O) groups is 2. The molecule has 1 N–H and O–H groups in total. The highest BCUT2D eigenvalue weighted by Crippen LogP contribution is 2.32. The van der Waals surface area contributed by atoms with Gasteiger partial charge < -0.3 is 10.2 Å². The molecule has 0 unspecified atom stereocenters. The van der Waals surface area contributed by atoms with E-state index in [1.807, 2.05) is 17.0 Å². The smallest absolute Gasteiger partial charge is 0.326 e. The topological polar surface area (TPSA) is 65.5 Å². The highest BCUT2D eigenvalue weighted by atomic mass is 32.2. The molecule has 140 valence electrons. The number of amides is 3. The van der Waals surface area contributed by atoms with Crippen LogP contribution in [0.2, 0.25) is 0 Å². The van der Waals surface area contributed by atoms with Gasteiger partial charge in [0.05, 0.1) is 5.69 Å². The number of likely N-dealkylation sites (tertiary alicyclic amines) is 1. The van der Waals surface area contributed by atoms with Gasteiger partial charge in [-0.15, -0.1) is 11.8 Å². The summed E-state index contributed by atoms with van der Waals surface area (Å²) in [4.78, 5) is 33.2. The Morgan fingerprint density at radius 3 is 2.56 bits per heavy atom. The second kappa shape index (κ2) is 8.00. The van der Waals surface area contributed by atoms with Crippen LogP contribution < -0.4 is 10.2 Å². The first-order valence-electron chi connectivity index (χ1n) is 9.28. The van der Waals surface area contributed by atoms with Gasteiger partial charge >= 0.3 is 6.03 Å². The molecule has 6 nitrogen and oxygen atoms in total. The summed E-state index contributed by atoms with van der Waals surface area (Å²) in [5.74, 6) is 0.890. The number of piperidine rings is 1. The fourth-order valence-electron chi connectivity index (χ4n) is 3.43. The van der Waals surface area contributed by atoms with Crippen molar-refractivity contribution < 1.29 is 9.59 Å². The molecule has 0 saturated carbocycles. The summed E-state index contributed by atoms with van der Waals surface area (Å²) < 4.78 is 0. The Bertz CT molecular complexity index is 834. The molecule has 0 bridgehead atoms. The molecular weight excluding hydrogens is 360 g/mol. The summed E-state index contributed by atoms with van der Waals surface area (Å²) in [5.41, 5.74) is 2.18. The fourth-order valence-corrected chi connectivity index (χ4v) is 4.36. The molecule has 1 aromatic carbocycles. The van der Waals surface area contributed by atoms with E-state index in [2.05, 4.69) is 10.3 Å². The van der Waals surface area contributed by atoms with Crippen LogP contribution >= 0.6 is 11.8 Å². The molecule has 1 fully saturated rings. The first-order valence-corrected chi connectivity index (χ1v) is 10.3. The van der Waals surface area contributed by atoms with Gasteiger partial charge in [0, 0.05) is 42.8 Å². The molecule has 27 heavy (non-hydrogen) atoms. The highest BCUT2D eigenvalue weighted by molar-refractivity contribution is 7.99. The maximum atomic E-state index is 12.7. The number of anilines is 2. The van der Waals surface area contributed by atoms with Crippen molar-refractivity contribution in [2.45, 2.75) is 24.3 Å². The molecule has 2 aromatic rings. The van der Waals surface area contributed by atoms with Crippen molar-refractivity contribution in [3.05, 3.63) is 48.2 Å². The Morgan fingerprint density at radius 2 is 1.78 bits per heavy atom. The van der Waals surface area contributed by atoms with Gasteiger partial charge in [-0.2, -0.15) is 0 Å². The zero-order valence-corrected chi connectivity index (χ0v) is 15.9. The third-order valence-electron chi connectivity index (χ3n) is 4.87. The summed E-state index contributed by atoms with van der Waals surface area (Å²) >= 11 is 1.66. The summed E-state index contributed by atoms with van der Waals surface area (Å²) in [7, 11) is 0. The van der Waals surface area contributed by atoms with E-state index in [0.717, 1.165) is 42.4 Å². The van der Waals surface area contributed by atoms with Crippen molar-refractivity contribution in [2.75, 3.05) is 35.6 Å². The van der Waals surface area contributed by atoms with Gasteiger partial charge in [0.25, 0.3) is 5.91 Å². The van der Waals surface area contributed by atoms with Gasteiger partial charge in [-0.05, 0) is 55.7 Å². The minimum Gasteiger partial charge on any atom is -0.339 e. The molecule has 3 heterocycles. The lowest BCUT2D eigenvalue weighted by Gasteiger charge is -2.28. The van der Waals surface area contributed by atoms with Crippen LogP contribution in [-0.2, 0) is 0 Å². The van der Waals surface area contributed by atoms with Crippen molar-refractivity contribution in [1.29, 1.82) is 0 Å². The van der Waals surface area contributed by atoms with E-state index >= 15 is 0 Å². The molecule has 3 amide bonds. The Morgan fingerprint density at radius 1 is 1.00 bits per heavy atom. The lowest BCUT2D eigenvalue weighted by atomic mass is 10.1. The summed E-state index contributed by atoms with van der Waals surface area (Å²) in [6, 6.07) is 10.7. The molecule has 2 aliphatic heterocycles. The quantitative estimate of drug-likeness (QED) is 0.857. The van der Waals surface area contributed by atoms with E-state index in [1.165, 1.54) is 6.42 Å². The fraction of sp³-hybridized carbons (Fsp3) is 0.350. The van der Waals surface area contributed by atoms with E-state index in [-0.39, 0.29) is 11.9 Å². The minimum atomic E-state index is -0.181. The van der Waals surface area contributed by atoms with Gasteiger partial charge in [0.2, 0.25) is 0 Å². The molecular formula is C20H22N4O2S. The molecule has 0 aliphatic carbocycles. The predicted octanol–water partition coefficient (Wildman–Crippen LogP) is 3.85. The molecule has 0 spiro atoms. The number of urea groups is 1. The minimum absolute atomic E-state index is 0.0700. The highest BCUT2D eigenvalue weighted by Gasteiger charge is 2.24. The van der Waals surface area contributed by atoms with Crippen LogP contribution in [0.4, 0.5) is 16.2 Å². The SMILES string of the molecule is O=C(c1ccc(NC(=O)N2CCSc3ncccc32)cc1)N1CCCCC1. The first-order chi connectivity index (χ1) is 13.2. The number of pyridine rings is 1. The van der Waals surface area contributed by atoms with Crippen LogP contribution in [0.25, 0.3) is 0 Å². The summed E-state index contributed by atoms with van der Waals surface area (Å²) in [6.07, 6.45) is 5.09. The lowest BCUT2D eigenvalue weighted by Crippen LogP contribution is -2.39. The molecule has 4 rings (SSSR count). The number of thioether (sulfide) groups is 1. The van der Waals surface area contributed by atoms with Crippen LogP contribution in [0.3, 0.4) is 0 Å². The number of fused-ring (bicyclic) bond motifs is 1. The number of rotatable bonds is 2. The zero-order valence-electron chi connectivity index (χ0n) is 15.1. The number of hydrogen-bond acceptors (Lipinski definition) is 4. The van der Waals surface area contributed by atoms with Gasteiger partial charge in [-0.25, -0.2) is 9.78 Å². The molecule has 0 atom stereocenters. The van der Waals surface area contributed by atoms with Crippen molar-refractivity contribution in [3.63, 3.8) is 0 Å². The maximum Gasteiger partial charge on any atom is 0.326 e. The van der Waals surface area contributed by atoms with Crippen molar-refractivity contribution in [1.82, 2.24) is 9.88 Å². The van der Waals surface area contributed by atoms with Crippen LogP contribution in [0.1, 0.15) is 29.6 Å². The van der Waals surface area contributed by atoms with Crippen LogP contribution in [0.5, 0.6) is 0 Å². The molecule has 1 aromatic heterocycles. The second-order valence-corrected chi connectivity index (χ2v) is 7.77. The van der Waals surface area contributed by atoms with Crippen molar-refractivity contribution in [3.8, 4) is 0 Å². The lowest BCUT2D eigenvalue weighted by molar-refractivity contribution is 0.0724.